The summed E-state index contributed by atoms with van der Waals surface area (Å²) in [6, 6.07) is 8.84. The molecule has 1 aliphatic carbocycles. The van der Waals surface area contributed by atoms with E-state index in [-0.39, 0.29) is 0 Å². The fraction of sp³-hybridized carbons (Fsp3) is 0.588. The van der Waals surface area contributed by atoms with Crippen LogP contribution in [-0.4, -0.2) is 19.1 Å². The summed E-state index contributed by atoms with van der Waals surface area (Å²) in [5, 5.41) is 16.1. The minimum Gasteiger partial charge on any atom is -0.383 e. The lowest BCUT2D eigenvalue weighted by molar-refractivity contribution is 0.468. The molecule has 1 fully saturated rings. The van der Waals surface area contributed by atoms with Crippen molar-refractivity contribution in [2.45, 2.75) is 51.5 Å². The third kappa shape index (κ3) is 4.54. The van der Waals surface area contributed by atoms with Crippen molar-refractivity contribution < 1.29 is 0 Å². The highest BCUT2D eigenvalue weighted by molar-refractivity contribution is 5.58. The van der Waals surface area contributed by atoms with Crippen molar-refractivity contribution in [3.8, 4) is 6.07 Å². The molecular formula is C17H25N3. The van der Waals surface area contributed by atoms with Gasteiger partial charge in [0.15, 0.2) is 0 Å². The second kappa shape index (κ2) is 7.91. The fourth-order valence-corrected chi connectivity index (χ4v) is 2.86. The van der Waals surface area contributed by atoms with E-state index in [1.807, 2.05) is 18.2 Å². The SMILES string of the molecule is Cc1ccc(C#N)c(NCCNC2CCCCCC2)c1. The highest BCUT2D eigenvalue weighted by Gasteiger charge is 2.10. The standard InChI is InChI=1S/C17H25N3/c1-14-8-9-15(13-18)17(12-14)20-11-10-19-16-6-4-2-3-5-7-16/h8-9,12,16,19-20H,2-7,10-11H2,1H3. The van der Waals surface area contributed by atoms with Crippen molar-refractivity contribution in [3.05, 3.63) is 29.3 Å². The highest BCUT2D eigenvalue weighted by atomic mass is 15.0. The van der Waals surface area contributed by atoms with E-state index in [0.29, 0.717) is 6.04 Å². The number of hydrogen-bond donors (Lipinski definition) is 2. The lowest BCUT2D eigenvalue weighted by Gasteiger charge is -2.17. The Hall–Kier alpha value is -1.53. The number of anilines is 1. The third-order valence-corrected chi connectivity index (χ3v) is 4.02. The maximum Gasteiger partial charge on any atom is 0.101 e. The molecule has 3 heteroatoms. The molecule has 0 bridgehead atoms. The van der Waals surface area contributed by atoms with Gasteiger partial charge >= 0.3 is 0 Å². The van der Waals surface area contributed by atoms with Gasteiger partial charge < -0.3 is 10.6 Å². The molecule has 3 nitrogen and oxygen atoms in total. The molecule has 0 unspecified atom stereocenters. The Bertz CT molecular complexity index is 454. The van der Waals surface area contributed by atoms with Crippen LogP contribution in [0.1, 0.15) is 49.7 Å². The molecular weight excluding hydrogens is 246 g/mol. The van der Waals surface area contributed by atoms with Crippen LogP contribution in [0.25, 0.3) is 0 Å². The van der Waals surface area contributed by atoms with Gasteiger partial charge in [0, 0.05) is 19.1 Å². The minimum absolute atomic E-state index is 0.687. The number of rotatable bonds is 5. The first-order valence-electron chi connectivity index (χ1n) is 7.77. The Kier molecular flexibility index (Phi) is 5.88. The van der Waals surface area contributed by atoms with Gasteiger partial charge in [-0.1, -0.05) is 31.7 Å². The first-order chi connectivity index (χ1) is 9.79. The van der Waals surface area contributed by atoms with Gasteiger partial charge in [0.1, 0.15) is 6.07 Å². The van der Waals surface area contributed by atoms with Crippen LogP contribution in [0, 0.1) is 18.3 Å². The fourth-order valence-electron chi connectivity index (χ4n) is 2.86. The van der Waals surface area contributed by atoms with E-state index in [1.165, 1.54) is 44.1 Å². The molecule has 2 N–H and O–H groups in total. The predicted octanol–water partition coefficient (Wildman–Crippen LogP) is 3.59. The summed E-state index contributed by atoms with van der Waals surface area (Å²) in [5.74, 6) is 0. The minimum atomic E-state index is 0.687. The Balaban J connectivity index is 1.75. The number of nitriles is 1. The molecule has 0 aliphatic heterocycles. The average molecular weight is 271 g/mol. The van der Waals surface area contributed by atoms with Crippen molar-refractivity contribution in [1.29, 1.82) is 5.26 Å². The summed E-state index contributed by atoms with van der Waals surface area (Å²) in [6.07, 6.45) is 8.14. The van der Waals surface area contributed by atoms with Crippen LogP contribution < -0.4 is 10.6 Å². The topological polar surface area (TPSA) is 47.9 Å². The van der Waals surface area contributed by atoms with E-state index in [0.717, 1.165) is 24.3 Å². The quantitative estimate of drug-likeness (QED) is 0.635. The van der Waals surface area contributed by atoms with Gasteiger partial charge in [-0.3, -0.25) is 0 Å². The first kappa shape index (κ1) is 14.9. The van der Waals surface area contributed by atoms with Gasteiger partial charge in [0.25, 0.3) is 0 Å². The molecule has 0 amide bonds. The highest BCUT2D eigenvalue weighted by Crippen LogP contribution is 2.18. The molecule has 1 aliphatic rings. The summed E-state index contributed by atoms with van der Waals surface area (Å²) < 4.78 is 0. The molecule has 0 radical (unpaired) electrons. The number of hydrogen-bond acceptors (Lipinski definition) is 3. The van der Waals surface area contributed by atoms with E-state index in [4.69, 9.17) is 5.26 Å². The van der Waals surface area contributed by atoms with Crippen molar-refractivity contribution >= 4 is 5.69 Å². The van der Waals surface area contributed by atoms with E-state index >= 15 is 0 Å². The van der Waals surface area contributed by atoms with E-state index in [9.17, 15) is 0 Å². The van der Waals surface area contributed by atoms with Crippen LogP contribution in [0.15, 0.2) is 18.2 Å². The van der Waals surface area contributed by atoms with E-state index in [2.05, 4.69) is 23.6 Å². The van der Waals surface area contributed by atoms with Crippen LogP contribution in [0.3, 0.4) is 0 Å². The van der Waals surface area contributed by atoms with Gasteiger partial charge in [0.05, 0.1) is 11.3 Å². The smallest absolute Gasteiger partial charge is 0.101 e. The van der Waals surface area contributed by atoms with Gasteiger partial charge in [-0.2, -0.15) is 5.26 Å². The number of benzene rings is 1. The van der Waals surface area contributed by atoms with E-state index in [1.54, 1.807) is 0 Å². The maximum absolute atomic E-state index is 9.10. The van der Waals surface area contributed by atoms with Crippen LogP contribution in [0.4, 0.5) is 5.69 Å². The summed E-state index contributed by atoms with van der Waals surface area (Å²) in [7, 11) is 0. The third-order valence-electron chi connectivity index (χ3n) is 4.02. The number of nitrogens with zero attached hydrogens (tertiary/aromatic N) is 1. The molecule has 2 rings (SSSR count). The Morgan fingerprint density at radius 2 is 1.90 bits per heavy atom. The molecule has 0 heterocycles. The van der Waals surface area contributed by atoms with Crippen LogP contribution >= 0.6 is 0 Å². The second-order valence-corrected chi connectivity index (χ2v) is 5.73. The summed E-state index contributed by atoms with van der Waals surface area (Å²) in [5.41, 5.74) is 2.86. The molecule has 1 saturated carbocycles. The average Bonchev–Trinajstić information content (AvgIpc) is 2.72. The maximum atomic E-state index is 9.10. The molecule has 1 aromatic carbocycles. The van der Waals surface area contributed by atoms with Gasteiger partial charge in [-0.25, -0.2) is 0 Å². The molecule has 108 valence electrons. The zero-order chi connectivity index (χ0) is 14.2. The van der Waals surface area contributed by atoms with Crippen molar-refractivity contribution in [1.82, 2.24) is 5.32 Å². The predicted molar refractivity (Wildman–Crippen MR) is 83.9 cm³/mol. The molecule has 20 heavy (non-hydrogen) atoms. The Morgan fingerprint density at radius 3 is 2.60 bits per heavy atom. The molecule has 1 aromatic rings. The van der Waals surface area contributed by atoms with E-state index < -0.39 is 0 Å². The lowest BCUT2D eigenvalue weighted by atomic mass is 10.1. The lowest BCUT2D eigenvalue weighted by Crippen LogP contribution is -2.32. The molecule has 0 saturated heterocycles. The van der Waals surface area contributed by atoms with Gasteiger partial charge in [-0.05, 0) is 37.5 Å². The van der Waals surface area contributed by atoms with Gasteiger partial charge in [-0.15, -0.1) is 0 Å². The Morgan fingerprint density at radius 1 is 1.15 bits per heavy atom. The van der Waals surface area contributed by atoms with Crippen molar-refractivity contribution in [3.63, 3.8) is 0 Å². The summed E-state index contributed by atoms with van der Waals surface area (Å²) in [6.45, 7) is 3.88. The zero-order valence-electron chi connectivity index (χ0n) is 12.4. The largest absolute Gasteiger partial charge is 0.383 e. The van der Waals surface area contributed by atoms with Crippen molar-refractivity contribution in [2.24, 2.45) is 0 Å². The monoisotopic (exact) mass is 271 g/mol. The summed E-state index contributed by atoms with van der Waals surface area (Å²) >= 11 is 0. The number of aryl methyl sites for hydroxylation is 1. The van der Waals surface area contributed by atoms with Crippen LogP contribution in [-0.2, 0) is 0 Å². The van der Waals surface area contributed by atoms with Crippen molar-refractivity contribution in [2.75, 3.05) is 18.4 Å². The zero-order valence-corrected chi connectivity index (χ0v) is 12.4. The normalized spacial score (nSPS) is 16.4. The molecule has 0 spiro atoms. The molecule has 0 aromatic heterocycles. The summed E-state index contributed by atoms with van der Waals surface area (Å²) in [4.78, 5) is 0. The number of nitrogens with one attached hydrogen (secondary N) is 2. The Labute approximate surface area is 122 Å². The second-order valence-electron chi connectivity index (χ2n) is 5.73. The first-order valence-corrected chi connectivity index (χ1v) is 7.77. The van der Waals surface area contributed by atoms with Crippen LogP contribution in [0.5, 0.6) is 0 Å². The van der Waals surface area contributed by atoms with Crippen LogP contribution in [0.2, 0.25) is 0 Å². The molecule has 0 atom stereocenters. The van der Waals surface area contributed by atoms with Gasteiger partial charge in [0.2, 0.25) is 0 Å².